The van der Waals surface area contributed by atoms with E-state index in [1.807, 2.05) is 26.0 Å². The van der Waals surface area contributed by atoms with Gasteiger partial charge in [0.15, 0.2) is 5.75 Å². The number of hydrogen-bond acceptors (Lipinski definition) is 5. The Bertz CT molecular complexity index is 1320. The Morgan fingerprint density at radius 2 is 1.59 bits per heavy atom. The summed E-state index contributed by atoms with van der Waals surface area (Å²) in [6.07, 6.45) is 0. The number of nitrogens with zero attached hydrogens (tertiary/aromatic N) is 1. The van der Waals surface area contributed by atoms with Gasteiger partial charge in [0.25, 0.3) is 11.7 Å². The Labute approximate surface area is 206 Å². The lowest BCUT2D eigenvalue weighted by molar-refractivity contribution is -0.132. The van der Waals surface area contributed by atoms with E-state index >= 15 is 0 Å². The molecule has 8 heteroatoms. The van der Waals surface area contributed by atoms with Gasteiger partial charge in [0, 0.05) is 11.3 Å². The highest BCUT2D eigenvalue weighted by atomic mass is 35.5. The molecule has 0 radical (unpaired) electrons. The number of aliphatic hydroxyl groups excluding tert-OH is 1. The van der Waals surface area contributed by atoms with Crippen LogP contribution in [0.25, 0.3) is 5.76 Å². The molecule has 6 nitrogen and oxygen atoms in total. The van der Waals surface area contributed by atoms with E-state index in [1.54, 1.807) is 18.2 Å². The zero-order valence-electron chi connectivity index (χ0n) is 18.6. The number of amides is 1. The van der Waals surface area contributed by atoms with Crippen molar-refractivity contribution in [1.82, 2.24) is 0 Å². The Kier molecular flexibility index (Phi) is 6.30. The van der Waals surface area contributed by atoms with Gasteiger partial charge in [0.1, 0.15) is 11.5 Å². The molecule has 0 aliphatic carbocycles. The van der Waals surface area contributed by atoms with Gasteiger partial charge in [0.05, 0.1) is 28.8 Å². The summed E-state index contributed by atoms with van der Waals surface area (Å²) < 4.78 is 5.16. The monoisotopic (exact) mass is 497 g/mol. The number of halogens is 2. The highest BCUT2D eigenvalue weighted by Crippen LogP contribution is 2.44. The molecule has 1 heterocycles. The second kappa shape index (κ2) is 9.05. The van der Waals surface area contributed by atoms with Crippen LogP contribution in [0.2, 0.25) is 10.0 Å². The van der Waals surface area contributed by atoms with E-state index in [4.69, 9.17) is 27.9 Å². The van der Waals surface area contributed by atoms with Crippen molar-refractivity contribution < 1.29 is 24.5 Å². The number of hydrogen-bond donors (Lipinski definition) is 2. The van der Waals surface area contributed by atoms with Gasteiger partial charge < -0.3 is 14.9 Å². The van der Waals surface area contributed by atoms with Crippen molar-refractivity contribution in [1.29, 1.82) is 0 Å². The van der Waals surface area contributed by atoms with Gasteiger partial charge in [-0.2, -0.15) is 0 Å². The van der Waals surface area contributed by atoms with Crippen LogP contribution in [0.15, 0.2) is 60.2 Å². The molecule has 0 bridgehead atoms. The Hall–Kier alpha value is -3.48. The van der Waals surface area contributed by atoms with E-state index in [2.05, 4.69) is 0 Å². The quantitative estimate of drug-likeness (QED) is 0.264. The predicted molar refractivity (Wildman–Crippen MR) is 132 cm³/mol. The van der Waals surface area contributed by atoms with E-state index in [9.17, 15) is 19.8 Å². The minimum absolute atomic E-state index is 0.0286. The summed E-state index contributed by atoms with van der Waals surface area (Å²) in [5.41, 5.74) is 2.91. The van der Waals surface area contributed by atoms with E-state index in [0.717, 1.165) is 11.1 Å². The van der Waals surface area contributed by atoms with E-state index < -0.39 is 23.5 Å². The zero-order valence-corrected chi connectivity index (χ0v) is 20.1. The Morgan fingerprint density at radius 3 is 2.15 bits per heavy atom. The van der Waals surface area contributed by atoms with E-state index in [-0.39, 0.29) is 32.7 Å². The molecule has 1 aliphatic rings. The van der Waals surface area contributed by atoms with Gasteiger partial charge in [-0.15, -0.1) is 0 Å². The molecule has 1 aliphatic heterocycles. The number of carbonyl (C=O) groups is 2. The van der Waals surface area contributed by atoms with Crippen LogP contribution >= 0.6 is 23.2 Å². The van der Waals surface area contributed by atoms with E-state index in [1.165, 1.54) is 36.3 Å². The lowest BCUT2D eigenvalue weighted by atomic mass is 9.94. The Morgan fingerprint density at radius 1 is 0.971 bits per heavy atom. The molecular formula is C26H21Cl2NO5. The number of carbonyl (C=O) groups excluding carboxylic acids is 2. The minimum atomic E-state index is -0.943. The molecule has 1 amide bonds. The van der Waals surface area contributed by atoms with Gasteiger partial charge >= 0.3 is 0 Å². The van der Waals surface area contributed by atoms with Gasteiger partial charge in [-0.1, -0.05) is 53.0 Å². The first-order valence-electron chi connectivity index (χ1n) is 10.3. The van der Waals surface area contributed by atoms with Crippen molar-refractivity contribution in [2.75, 3.05) is 12.0 Å². The number of aryl methyl sites for hydroxylation is 2. The fraction of sp³-hybridized carbons (Fsp3) is 0.154. The van der Waals surface area contributed by atoms with E-state index in [0.29, 0.717) is 11.3 Å². The predicted octanol–water partition coefficient (Wildman–Crippen LogP) is 5.95. The third-order valence-electron chi connectivity index (χ3n) is 5.74. The van der Waals surface area contributed by atoms with Gasteiger partial charge in [-0.25, -0.2) is 0 Å². The number of phenolic OH excluding ortho intramolecular Hbond substituents is 1. The fourth-order valence-electron chi connectivity index (χ4n) is 4.18. The number of Topliss-reactive ketones (excluding diaryl/α,β-unsaturated/α-hetero) is 1. The molecule has 0 saturated carbocycles. The summed E-state index contributed by atoms with van der Waals surface area (Å²) in [6.45, 7) is 3.78. The minimum Gasteiger partial charge on any atom is -0.508 e. The number of aromatic hydroxyl groups is 1. The summed E-state index contributed by atoms with van der Waals surface area (Å²) in [5.74, 6) is -1.79. The third kappa shape index (κ3) is 4.00. The van der Waals surface area contributed by atoms with Crippen molar-refractivity contribution in [3.05, 3.63) is 92.5 Å². The standard InChI is InChI=1S/C26H21Cl2NO5/c1-13-4-9-20(14(2)10-13)29-22(15-5-7-17(30)8-6-15)21(24(32)26(29)33)23(31)16-11-18(27)25(34-3)19(28)12-16/h4-12,22,30-31H,1-3H3/b23-21+. The molecule has 0 spiro atoms. The molecule has 0 aromatic heterocycles. The van der Waals surface area contributed by atoms with Crippen molar-refractivity contribution in [2.24, 2.45) is 0 Å². The molecule has 1 atom stereocenters. The molecule has 3 aromatic rings. The van der Waals surface area contributed by atoms with Gasteiger partial charge in [-0.05, 0) is 55.3 Å². The number of rotatable bonds is 4. The number of methoxy groups -OCH3 is 1. The molecule has 34 heavy (non-hydrogen) atoms. The van der Waals surface area contributed by atoms with Crippen molar-refractivity contribution in [3.8, 4) is 11.5 Å². The number of ketones is 1. The first-order valence-corrected chi connectivity index (χ1v) is 11.1. The second-order valence-corrected chi connectivity index (χ2v) is 8.84. The third-order valence-corrected chi connectivity index (χ3v) is 6.30. The second-order valence-electron chi connectivity index (χ2n) is 8.02. The topological polar surface area (TPSA) is 87.1 Å². The van der Waals surface area contributed by atoms with Crippen LogP contribution in [0.5, 0.6) is 11.5 Å². The lowest BCUT2D eigenvalue weighted by Crippen LogP contribution is -2.30. The normalized spacial score (nSPS) is 17.3. The summed E-state index contributed by atoms with van der Waals surface area (Å²) in [6, 6.07) is 13.5. The SMILES string of the molecule is COc1c(Cl)cc(/C(O)=C2\C(=O)C(=O)N(c3ccc(C)cc3C)C2c2ccc(O)cc2)cc1Cl. The van der Waals surface area contributed by atoms with Crippen LogP contribution in [-0.2, 0) is 9.59 Å². The summed E-state index contributed by atoms with van der Waals surface area (Å²) >= 11 is 12.5. The lowest BCUT2D eigenvalue weighted by Gasteiger charge is -2.27. The first-order chi connectivity index (χ1) is 16.1. The zero-order chi connectivity index (χ0) is 24.7. The Balaban J connectivity index is 1.98. The van der Waals surface area contributed by atoms with Crippen LogP contribution in [-0.4, -0.2) is 29.0 Å². The maximum atomic E-state index is 13.3. The smallest absolute Gasteiger partial charge is 0.300 e. The van der Waals surface area contributed by atoms with Crippen LogP contribution in [0, 0.1) is 13.8 Å². The van der Waals surface area contributed by atoms with Crippen molar-refractivity contribution in [3.63, 3.8) is 0 Å². The molecule has 4 rings (SSSR count). The molecule has 174 valence electrons. The highest BCUT2D eigenvalue weighted by molar-refractivity contribution is 6.52. The van der Waals surface area contributed by atoms with Crippen LogP contribution in [0.1, 0.15) is 28.3 Å². The maximum absolute atomic E-state index is 13.3. The van der Waals surface area contributed by atoms with Crippen molar-refractivity contribution in [2.45, 2.75) is 19.9 Å². The molecule has 1 unspecified atom stereocenters. The fourth-order valence-corrected chi connectivity index (χ4v) is 4.82. The highest BCUT2D eigenvalue weighted by Gasteiger charge is 2.47. The molecule has 1 saturated heterocycles. The number of aliphatic hydroxyl groups is 1. The summed E-state index contributed by atoms with van der Waals surface area (Å²) in [7, 11) is 1.41. The average Bonchev–Trinajstić information content (AvgIpc) is 3.04. The molecule has 2 N–H and O–H groups in total. The van der Waals surface area contributed by atoms with Gasteiger partial charge in [-0.3, -0.25) is 14.5 Å². The summed E-state index contributed by atoms with van der Waals surface area (Å²) in [4.78, 5) is 27.9. The first kappa shape index (κ1) is 23.7. The molecule has 1 fully saturated rings. The number of anilines is 1. The molecule has 3 aromatic carbocycles. The largest absolute Gasteiger partial charge is 0.508 e. The summed E-state index contributed by atoms with van der Waals surface area (Å²) in [5, 5.41) is 21.3. The van der Waals surface area contributed by atoms with Crippen LogP contribution in [0.4, 0.5) is 5.69 Å². The van der Waals surface area contributed by atoms with Crippen LogP contribution < -0.4 is 9.64 Å². The van der Waals surface area contributed by atoms with Gasteiger partial charge in [0.2, 0.25) is 0 Å². The number of ether oxygens (including phenoxy) is 1. The number of phenols is 1. The van der Waals surface area contributed by atoms with Crippen LogP contribution in [0.3, 0.4) is 0 Å². The molecular weight excluding hydrogens is 477 g/mol. The number of benzene rings is 3. The average molecular weight is 498 g/mol. The maximum Gasteiger partial charge on any atom is 0.300 e. The van der Waals surface area contributed by atoms with Crippen molar-refractivity contribution >= 4 is 46.3 Å².